The number of benzene rings is 2. The first-order chi connectivity index (χ1) is 14.5. The van der Waals surface area contributed by atoms with Crippen LogP contribution in [-0.2, 0) is 11.2 Å². The highest BCUT2D eigenvalue weighted by Crippen LogP contribution is 2.27. The van der Waals surface area contributed by atoms with Gasteiger partial charge in [0.2, 0.25) is 5.91 Å². The number of amides is 2. The van der Waals surface area contributed by atoms with Crippen molar-refractivity contribution in [1.82, 2.24) is 9.80 Å². The van der Waals surface area contributed by atoms with E-state index in [0.29, 0.717) is 19.0 Å². The molecule has 1 unspecified atom stereocenters. The third kappa shape index (κ3) is 4.70. The van der Waals surface area contributed by atoms with Crippen molar-refractivity contribution in [2.45, 2.75) is 32.6 Å². The fourth-order valence-electron chi connectivity index (χ4n) is 4.72. The molecule has 1 atom stereocenters. The predicted octanol–water partition coefficient (Wildman–Crippen LogP) is 4.59. The van der Waals surface area contributed by atoms with E-state index in [1.165, 1.54) is 5.56 Å². The highest BCUT2D eigenvalue weighted by Gasteiger charge is 2.34. The smallest absolute Gasteiger partial charge is 0.254 e. The van der Waals surface area contributed by atoms with Gasteiger partial charge in [-0.1, -0.05) is 41.9 Å². The van der Waals surface area contributed by atoms with Crippen LogP contribution in [0.15, 0.2) is 48.5 Å². The number of carbonyl (C=O) groups is 2. The van der Waals surface area contributed by atoms with E-state index in [0.717, 1.165) is 54.9 Å². The van der Waals surface area contributed by atoms with Crippen molar-refractivity contribution in [2.75, 3.05) is 26.2 Å². The molecule has 30 heavy (non-hydrogen) atoms. The molecule has 0 radical (unpaired) electrons. The van der Waals surface area contributed by atoms with Crippen LogP contribution in [-0.4, -0.2) is 47.8 Å². The molecule has 5 heteroatoms. The molecule has 0 aromatic heterocycles. The quantitative estimate of drug-likeness (QED) is 0.720. The van der Waals surface area contributed by atoms with Crippen LogP contribution in [0.25, 0.3) is 0 Å². The largest absolute Gasteiger partial charge is 0.342 e. The minimum absolute atomic E-state index is 0.0419. The van der Waals surface area contributed by atoms with Crippen LogP contribution in [0.1, 0.15) is 40.7 Å². The standard InChI is InChI=1S/C25H29ClN2O2/c1-18-4-2-3-5-23(18)25(30)27-14-11-21(12-15-27)24(29)28-13-10-20(17-28)16-19-6-8-22(26)9-7-19/h2-9,20-21H,10-17H2,1H3. The van der Waals surface area contributed by atoms with E-state index < -0.39 is 0 Å². The molecule has 0 spiro atoms. The average molecular weight is 425 g/mol. The zero-order valence-corrected chi connectivity index (χ0v) is 18.3. The Balaban J connectivity index is 1.28. The minimum Gasteiger partial charge on any atom is -0.342 e. The highest BCUT2D eigenvalue weighted by atomic mass is 35.5. The Labute approximate surface area is 183 Å². The van der Waals surface area contributed by atoms with Crippen LogP contribution < -0.4 is 0 Å². The molecule has 0 aliphatic carbocycles. The Bertz CT molecular complexity index is 904. The monoisotopic (exact) mass is 424 g/mol. The summed E-state index contributed by atoms with van der Waals surface area (Å²) in [7, 11) is 0. The van der Waals surface area contributed by atoms with Crippen molar-refractivity contribution in [3.8, 4) is 0 Å². The van der Waals surface area contributed by atoms with Gasteiger partial charge < -0.3 is 9.80 Å². The van der Waals surface area contributed by atoms with Gasteiger partial charge in [0.05, 0.1) is 0 Å². The number of hydrogen-bond acceptors (Lipinski definition) is 2. The third-order valence-corrected chi connectivity index (χ3v) is 6.79. The summed E-state index contributed by atoms with van der Waals surface area (Å²) in [6.45, 7) is 4.97. The molecule has 0 N–H and O–H groups in total. The van der Waals surface area contributed by atoms with E-state index in [1.54, 1.807) is 0 Å². The number of halogens is 1. The molecular weight excluding hydrogens is 396 g/mol. The van der Waals surface area contributed by atoms with E-state index in [9.17, 15) is 9.59 Å². The Morgan fingerprint density at radius 1 is 0.933 bits per heavy atom. The molecule has 4 nitrogen and oxygen atoms in total. The van der Waals surface area contributed by atoms with E-state index in [4.69, 9.17) is 11.6 Å². The van der Waals surface area contributed by atoms with Gasteiger partial charge in [0, 0.05) is 42.7 Å². The molecule has 2 aliphatic rings. The number of aryl methyl sites for hydroxylation is 1. The average Bonchev–Trinajstić information content (AvgIpc) is 3.23. The van der Waals surface area contributed by atoms with Gasteiger partial charge in [-0.05, 0) is 67.9 Å². The Kier molecular flexibility index (Phi) is 6.43. The Hall–Kier alpha value is -2.33. The predicted molar refractivity (Wildman–Crippen MR) is 120 cm³/mol. The van der Waals surface area contributed by atoms with Gasteiger partial charge in [0.15, 0.2) is 0 Å². The number of hydrogen-bond donors (Lipinski definition) is 0. The van der Waals surface area contributed by atoms with Crippen molar-refractivity contribution in [1.29, 1.82) is 0 Å². The normalized spacial score (nSPS) is 19.9. The Morgan fingerprint density at radius 3 is 2.30 bits per heavy atom. The summed E-state index contributed by atoms with van der Waals surface area (Å²) in [5, 5.41) is 0.759. The summed E-state index contributed by atoms with van der Waals surface area (Å²) >= 11 is 5.97. The number of carbonyl (C=O) groups excluding carboxylic acids is 2. The molecule has 158 valence electrons. The van der Waals surface area contributed by atoms with E-state index in [2.05, 4.69) is 12.1 Å². The molecule has 0 saturated carbocycles. The first kappa shape index (κ1) is 20.9. The fraction of sp³-hybridized carbons (Fsp3) is 0.440. The van der Waals surface area contributed by atoms with Gasteiger partial charge in [0.1, 0.15) is 0 Å². The maximum atomic E-state index is 13.0. The molecule has 2 saturated heterocycles. The van der Waals surface area contributed by atoms with Crippen molar-refractivity contribution in [2.24, 2.45) is 11.8 Å². The lowest BCUT2D eigenvalue weighted by Crippen LogP contribution is -2.44. The van der Waals surface area contributed by atoms with E-state index in [1.807, 2.05) is 53.1 Å². The lowest BCUT2D eigenvalue weighted by atomic mass is 9.94. The van der Waals surface area contributed by atoms with Crippen molar-refractivity contribution < 1.29 is 9.59 Å². The second kappa shape index (κ2) is 9.22. The topological polar surface area (TPSA) is 40.6 Å². The van der Waals surface area contributed by atoms with Crippen LogP contribution in [0.5, 0.6) is 0 Å². The minimum atomic E-state index is 0.0419. The molecule has 2 aromatic carbocycles. The summed E-state index contributed by atoms with van der Waals surface area (Å²) in [5.41, 5.74) is 3.05. The maximum absolute atomic E-state index is 13.0. The lowest BCUT2D eigenvalue weighted by Gasteiger charge is -2.33. The van der Waals surface area contributed by atoms with Crippen molar-refractivity contribution in [3.05, 3.63) is 70.2 Å². The molecule has 2 aromatic rings. The van der Waals surface area contributed by atoms with Crippen LogP contribution >= 0.6 is 11.6 Å². The van der Waals surface area contributed by atoms with E-state index in [-0.39, 0.29) is 17.7 Å². The first-order valence-corrected chi connectivity index (χ1v) is 11.3. The Morgan fingerprint density at radius 2 is 1.60 bits per heavy atom. The number of rotatable bonds is 4. The summed E-state index contributed by atoms with van der Waals surface area (Å²) in [6.07, 6.45) is 3.56. The van der Waals surface area contributed by atoms with Crippen molar-refractivity contribution in [3.63, 3.8) is 0 Å². The number of nitrogens with zero attached hydrogens (tertiary/aromatic N) is 2. The SMILES string of the molecule is Cc1ccccc1C(=O)N1CCC(C(=O)N2CCC(Cc3ccc(Cl)cc3)C2)CC1. The number of likely N-dealkylation sites (tertiary alicyclic amines) is 2. The van der Waals surface area contributed by atoms with Crippen LogP contribution in [0.2, 0.25) is 5.02 Å². The summed E-state index contributed by atoms with van der Waals surface area (Å²) < 4.78 is 0. The number of piperidine rings is 1. The van der Waals surface area contributed by atoms with Gasteiger partial charge in [-0.25, -0.2) is 0 Å². The second-order valence-corrected chi connectivity index (χ2v) is 9.09. The maximum Gasteiger partial charge on any atom is 0.254 e. The van der Waals surface area contributed by atoms with E-state index >= 15 is 0 Å². The lowest BCUT2D eigenvalue weighted by molar-refractivity contribution is -0.136. The second-order valence-electron chi connectivity index (χ2n) is 8.65. The summed E-state index contributed by atoms with van der Waals surface area (Å²) in [4.78, 5) is 29.8. The first-order valence-electron chi connectivity index (χ1n) is 10.9. The highest BCUT2D eigenvalue weighted by molar-refractivity contribution is 6.30. The summed E-state index contributed by atoms with van der Waals surface area (Å²) in [5.74, 6) is 0.915. The summed E-state index contributed by atoms with van der Waals surface area (Å²) in [6, 6.07) is 15.7. The van der Waals surface area contributed by atoms with Crippen LogP contribution in [0.3, 0.4) is 0 Å². The van der Waals surface area contributed by atoms with Crippen molar-refractivity contribution >= 4 is 23.4 Å². The van der Waals surface area contributed by atoms with Crippen LogP contribution in [0.4, 0.5) is 0 Å². The molecule has 4 rings (SSSR count). The zero-order chi connectivity index (χ0) is 21.1. The van der Waals surface area contributed by atoms with Gasteiger partial charge in [-0.3, -0.25) is 9.59 Å². The van der Waals surface area contributed by atoms with Gasteiger partial charge in [-0.2, -0.15) is 0 Å². The molecule has 0 bridgehead atoms. The molecule has 2 amide bonds. The zero-order valence-electron chi connectivity index (χ0n) is 17.5. The third-order valence-electron chi connectivity index (χ3n) is 6.54. The van der Waals surface area contributed by atoms with Gasteiger partial charge in [-0.15, -0.1) is 0 Å². The van der Waals surface area contributed by atoms with Gasteiger partial charge in [0.25, 0.3) is 5.91 Å². The van der Waals surface area contributed by atoms with Crippen LogP contribution in [0, 0.1) is 18.8 Å². The molecule has 2 fully saturated rings. The van der Waals surface area contributed by atoms with Gasteiger partial charge >= 0.3 is 0 Å². The molecule has 2 heterocycles. The molecular formula is C25H29ClN2O2. The molecule has 2 aliphatic heterocycles. The fourth-order valence-corrected chi connectivity index (χ4v) is 4.85.